The number of hydrogen-bond donors (Lipinski definition) is 1. The molecule has 0 aliphatic rings. The zero-order valence-electron chi connectivity index (χ0n) is 9.46. The number of nitrogens with zero attached hydrogens (tertiary/aromatic N) is 2. The lowest BCUT2D eigenvalue weighted by molar-refractivity contribution is 0.0758. The zero-order chi connectivity index (χ0) is 11.3. The van der Waals surface area contributed by atoms with E-state index in [0.717, 1.165) is 19.0 Å². The molecule has 1 rings (SSSR count). The molecule has 1 unspecified atom stereocenters. The Balaban J connectivity index is 2.29. The predicted octanol–water partition coefficient (Wildman–Crippen LogP) is 1.59. The summed E-state index contributed by atoms with van der Waals surface area (Å²) >= 11 is 5.87. The molecule has 1 aromatic rings. The number of aromatic nitrogens is 2. The van der Waals surface area contributed by atoms with Crippen LogP contribution in [0, 0.1) is 0 Å². The SMILES string of the molecule is CCOC(C)CNCc1ncc(Cl)n1C. The molecule has 0 aliphatic carbocycles. The van der Waals surface area contributed by atoms with Crippen molar-refractivity contribution in [1.29, 1.82) is 0 Å². The minimum absolute atomic E-state index is 0.228. The van der Waals surface area contributed by atoms with E-state index < -0.39 is 0 Å². The maximum Gasteiger partial charge on any atom is 0.128 e. The minimum atomic E-state index is 0.228. The maximum atomic E-state index is 5.87. The molecule has 15 heavy (non-hydrogen) atoms. The third-order valence-corrected chi connectivity index (χ3v) is 2.54. The normalized spacial score (nSPS) is 13.1. The summed E-state index contributed by atoms with van der Waals surface area (Å²) in [5, 5.41) is 3.93. The fourth-order valence-corrected chi connectivity index (χ4v) is 1.47. The van der Waals surface area contributed by atoms with E-state index in [0.29, 0.717) is 11.7 Å². The van der Waals surface area contributed by atoms with Gasteiger partial charge in [-0.25, -0.2) is 4.98 Å². The fourth-order valence-electron chi connectivity index (χ4n) is 1.32. The molecule has 1 heterocycles. The molecule has 0 spiro atoms. The van der Waals surface area contributed by atoms with Gasteiger partial charge in [0.2, 0.25) is 0 Å². The highest BCUT2D eigenvalue weighted by Gasteiger charge is 2.05. The Morgan fingerprint density at radius 3 is 2.93 bits per heavy atom. The molecule has 0 radical (unpaired) electrons. The molecule has 0 aromatic carbocycles. The Morgan fingerprint density at radius 1 is 1.67 bits per heavy atom. The summed E-state index contributed by atoms with van der Waals surface area (Å²) in [7, 11) is 1.90. The van der Waals surface area contributed by atoms with Gasteiger partial charge in [0, 0.05) is 20.2 Å². The molecular formula is C10H18ClN3O. The summed E-state index contributed by atoms with van der Waals surface area (Å²) in [6.07, 6.45) is 1.88. The van der Waals surface area contributed by atoms with Crippen LogP contribution >= 0.6 is 11.6 Å². The monoisotopic (exact) mass is 231 g/mol. The quantitative estimate of drug-likeness (QED) is 0.808. The Labute approximate surface area is 95.6 Å². The van der Waals surface area contributed by atoms with Crippen LogP contribution in [0.15, 0.2) is 6.20 Å². The third-order valence-electron chi connectivity index (χ3n) is 2.19. The highest BCUT2D eigenvalue weighted by atomic mass is 35.5. The van der Waals surface area contributed by atoms with Crippen molar-refractivity contribution in [1.82, 2.24) is 14.9 Å². The molecule has 0 bridgehead atoms. The second kappa shape index (κ2) is 6.10. The molecule has 86 valence electrons. The van der Waals surface area contributed by atoms with Gasteiger partial charge < -0.3 is 14.6 Å². The highest BCUT2D eigenvalue weighted by Crippen LogP contribution is 2.08. The Bertz CT molecular complexity index is 301. The molecule has 0 saturated heterocycles. The lowest BCUT2D eigenvalue weighted by atomic mass is 10.4. The first kappa shape index (κ1) is 12.5. The smallest absolute Gasteiger partial charge is 0.128 e. The van der Waals surface area contributed by atoms with Crippen molar-refractivity contribution in [3.05, 3.63) is 17.2 Å². The van der Waals surface area contributed by atoms with Crippen molar-refractivity contribution < 1.29 is 4.74 Å². The van der Waals surface area contributed by atoms with Crippen molar-refractivity contribution in [2.45, 2.75) is 26.5 Å². The standard InChI is InChI=1S/C10H18ClN3O/c1-4-15-8(2)5-12-7-10-13-6-9(11)14(10)3/h6,8,12H,4-5,7H2,1-3H3. The lowest BCUT2D eigenvalue weighted by Crippen LogP contribution is -2.27. The lowest BCUT2D eigenvalue weighted by Gasteiger charge is -2.12. The minimum Gasteiger partial charge on any atom is -0.377 e. The van der Waals surface area contributed by atoms with Crippen LogP contribution in [0.2, 0.25) is 5.15 Å². The summed E-state index contributed by atoms with van der Waals surface area (Å²) in [6.45, 7) is 6.31. The molecule has 1 N–H and O–H groups in total. The van der Waals surface area contributed by atoms with E-state index in [1.807, 2.05) is 25.5 Å². The van der Waals surface area contributed by atoms with Crippen LogP contribution in [0.5, 0.6) is 0 Å². The molecule has 0 fully saturated rings. The number of rotatable bonds is 6. The van der Waals surface area contributed by atoms with Gasteiger partial charge in [0.25, 0.3) is 0 Å². The first-order valence-corrected chi connectivity index (χ1v) is 5.51. The van der Waals surface area contributed by atoms with Crippen molar-refractivity contribution in [2.24, 2.45) is 7.05 Å². The van der Waals surface area contributed by atoms with Gasteiger partial charge in [-0.05, 0) is 13.8 Å². The largest absolute Gasteiger partial charge is 0.377 e. The van der Waals surface area contributed by atoms with Crippen LogP contribution < -0.4 is 5.32 Å². The van der Waals surface area contributed by atoms with E-state index in [-0.39, 0.29) is 6.10 Å². The van der Waals surface area contributed by atoms with Crippen LogP contribution in [0.3, 0.4) is 0 Å². The van der Waals surface area contributed by atoms with Gasteiger partial charge in [-0.1, -0.05) is 11.6 Å². The van der Waals surface area contributed by atoms with Gasteiger partial charge in [-0.2, -0.15) is 0 Å². The molecule has 0 amide bonds. The Kier molecular flexibility index (Phi) is 5.08. The van der Waals surface area contributed by atoms with Crippen LogP contribution in [0.25, 0.3) is 0 Å². The summed E-state index contributed by atoms with van der Waals surface area (Å²) in [5.74, 6) is 0.934. The average Bonchev–Trinajstić information content (AvgIpc) is 2.50. The molecule has 1 atom stereocenters. The Hall–Kier alpha value is -0.580. The molecule has 5 heteroatoms. The van der Waals surface area contributed by atoms with Gasteiger partial charge in [-0.3, -0.25) is 0 Å². The van der Waals surface area contributed by atoms with Crippen molar-refractivity contribution in [3.63, 3.8) is 0 Å². The van der Waals surface area contributed by atoms with Crippen LogP contribution in [-0.2, 0) is 18.3 Å². The molecule has 0 saturated carbocycles. The number of hydrogen-bond acceptors (Lipinski definition) is 3. The molecular weight excluding hydrogens is 214 g/mol. The summed E-state index contributed by atoms with van der Waals surface area (Å²) in [5.41, 5.74) is 0. The molecule has 1 aromatic heterocycles. The van der Waals surface area contributed by atoms with Crippen molar-refractivity contribution in [3.8, 4) is 0 Å². The third kappa shape index (κ3) is 3.81. The number of ether oxygens (including phenoxy) is 1. The summed E-state index contributed by atoms with van der Waals surface area (Å²) < 4.78 is 7.26. The number of halogens is 1. The first-order chi connectivity index (χ1) is 7.15. The highest BCUT2D eigenvalue weighted by molar-refractivity contribution is 6.29. The second-order valence-electron chi connectivity index (χ2n) is 3.45. The van der Waals surface area contributed by atoms with Gasteiger partial charge >= 0.3 is 0 Å². The van der Waals surface area contributed by atoms with Crippen LogP contribution in [0.1, 0.15) is 19.7 Å². The summed E-state index contributed by atoms with van der Waals surface area (Å²) in [6, 6.07) is 0. The van der Waals surface area contributed by atoms with Gasteiger partial charge in [-0.15, -0.1) is 0 Å². The van der Waals surface area contributed by atoms with Gasteiger partial charge in [0.05, 0.1) is 18.8 Å². The topological polar surface area (TPSA) is 39.1 Å². The maximum absolute atomic E-state index is 5.87. The van der Waals surface area contributed by atoms with E-state index in [1.54, 1.807) is 6.20 Å². The Morgan fingerprint density at radius 2 is 2.40 bits per heavy atom. The number of imidazole rings is 1. The second-order valence-corrected chi connectivity index (χ2v) is 3.84. The van der Waals surface area contributed by atoms with E-state index >= 15 is 0 Å². The van der Waals surface area contributed by atoms with E-state index in [9.17, 15) is 0 Å². The zero-order valence-corrected chi connectivity index (χ0v) is 10.2. The van der Waals surface area contributed by atoms with E-state index in [4.69, 9.17) is 16.3 Å². The van der Waals surface area contributed by atoms with Crippen LogP contribution in [-0.4, -0.2) is 28.8 Å². The van der Waals surface area contributed by atoms with E-state index in [1.165, 1.54) is 0 Å². The average molecular weight is 232 g/mol. The van der Waals surface area contributed by atoms with Crippen LogP contribution in [0.4, 0.5) is 0 Å². The summed E-state index contributed by atoms with van der Waals surface area (Å²) in [4.78, 5) is 4.19. The van der Waals surface area contributed by atoms with Gasteiger partial charge in [0.1, 0.15) is 11.0 Å². The fraction of sp³-hybridized carbons (Fsp3) is 0.700. The van der Waals surface area contributed by atoms with E-state index in [2.05, 4.69) is 10.3 Å². The van der Waals surface area contributed by atoms with Crippen molar-refractivity contribution >= 4 is 11.6 Å². The molecule has 0 aliphatic heterocycles. The van der Waals surface area contributed by atoms with Gasteiger partial charge in [0.15, 0.2) is 0 Å². The van der Waals surface area contributed by atoms with Crippen molar-refractivity contribution in [2.75, 3.05) is 13.2 Å². The first-order valence-electron chi connectivity index (χ1n) is 5.13. The predicted molar refractivity (Wildman–Crippen MR) is 61.0 cm³/mol. The number of nitrogens with one attached hydrogen (secondary N) is 1. The molecule has 4 nitrogen and oxygen atoms in total.